The van der Waals surface area contributed by atoms with Gasteiger partial charge in [0, 0.05) is 26.1 Å². The highest BCUT2D eigenvalue weighted by Crippen LogP contribution is 2.33. The summed E-state index contributed by atoms with van der Waals surface area (Å²) in [5.41, 5.74) is 2.30. The third kappa shape index (κ3) is 3.66. The SMILES string of the molecule is Cc1ccccc1CNC(=O)C1CCCN1c1nnc(N2CCCC2=O)s1. The molecule has 2 aromatic rings. The first-order chi connectivity index (χ1) is 13.1. The number of aromatic nitrogens is 2. The fourth-order valence-electron chi connectivity index (χ4n) is 3.66. The van der Waals surface area contributed by atoms with Crippen molar-refractivity contribution in [3.05, 3.63) is 35.4 Å². The summed E-state index contributed by atoms with van der Waals surface area (Å²) in [6, 6.07) is 7.83. The maximum Gasteiger partial charge on any atom is 0.243 e. The van der Waals surface area contributed by atoms with E-state index in [1.54, 1.807) is 4.90 Å². The minimum Gasteiger partial charge on any atom is -0.350 e. The molecule has 1 aromatic carbocycles. The Balaban J connectivity index is 1.43. The van der Waals surface area contributed by atoms with E-state index in [-0.39, 0.29) is 17.9 Å². The van der Waals surface area contributed by atoms with E-state index in [0.29, 0.717) is 24.6 Å². The molecule has 2 aliphatic rings. The molecule has 0 radical (unpaired) electrons. The number of amides is 2. The van der Waals surface area contributed by atoms with Gasteiger partial charge < -0.3 is 10.2 Å². The summed E-state index contributed by atoms with van der Waals surface area (Å²) in [5.74, 6) is 0.122. The predicted octanol–water partition coefficient (Wildman–Crippen LogP) is 2.26. The summed E-state index contributed by atoms with van der Waals surface area (Å²) in [6.07, 6.45) is 3.18. The van der Waals surface area contributed by atoms with Crippen LogP contribution >= 0.6 is 11.3 Å². The van der Waals surface area contributed by atoms with Crippen molar-refractivity contribution in [1.29, 1.82) is 0 Å². The van der Waals surface area contributed by atoms with Crippen molar-refractivity contribution in [1.82, 2.24) is 15.5 Å². The zero-order chi connectivity index (χ0) is 18.8. The van der Waals surface area contributed by atoms with Crippen molar-refractivity contribution in [3.8, 4) is 0 Å². The molecule has 0 bridgehead atoms. The molecule has 4 rings (SSSR count). The molecule has 0 saturated carbocycles. The van der Waals surface area contributed by atoms with Gasteiger partial charge in [0.25, 0.3) is 0 Å². The Hall–Kier alpha value is -2.48. The maximum atomic E-state index is 12.8. The molecule has 8 heteroatoms. The van der Waals surface area contributed by atoms with Crippen LogP contribution in [0.4, 0.5) is 10.3 Å². The lowest BCUT2D eigenvalue weighted by atomic mass is 10.1. The third-order valence-corrected chi connectivity index (χ3v) is 6.21. The Morgan fingerprint density at radius 2 is 2.04 bits per heavy atom. The summed E-state index contributed by atoms with van der Waals surface area (Å²) >= 11 is 1.40. The molecule has 0 aliphatic carbocycles. The topological polar surface area (TPSA) is 78.4 Å². The lowest BCUT2D eigenvalue weighted by Crippen LogP contribution is -2.43. The van der Waals surface area contributed by atoms with Crippen molar-refractivity contribution in [2.24, 2.45) is 0 Å². The Kier molecular flexibility index (Phi) is 5.07. The number of nitrogens with one attached hydrogen (secondary N) is 1. The molecule has 7 nitrogen and oxygen atoms in total. The Bertz CT molecular complexity index is 852. The second-order valence-electron chi connectivity index (χ2n) is 7.01. The number of aryl methyl sites for hydroxylation is 1. The largest absolute Gasteiger partial charge is 0.350 e. The van der Waals surface area contributed by atoms with Crippen molar-refractivity contribution in [2.75, 3.05) is 22.9 Å². The number of rotatable bonds is 5. The van der Waals surface area contributed by atoms with E-state index in [1.165, 1.54) is 16.9 Å². The maximum absolute atomic E-state index is 12.8. The molecule has 2 saturated heterocycles. The monoisotopic (exact) mass is 385 g/mol. The number of carbonyl (C=O) groups is 2. The first-order valence-electron chi connectivity index (χ1n) is 9.36. The van der Waals surface area contributed by atoms with Crippen LogP contribution < -0.4 is 15.1 Å². The molecule has 1 atom stereocenters. The summed E-state index contributed by atoms with van der Waals surface area (Å²) in [5, 5.41) is 12.9. The van der Waals surface area contributed by atoms with E-state index >= 15 is 0 Å². The molecule has 142 valence electrons. The van der Waals surface area contributed by atoms with Crippen LogP contribution in [0.15, 0.2) is 24.3 Å². The van der Waals surface area contributed by atoms with Crippen LogP contribution in [-0.2, 0) is 16.1 Å². The van der Waals surface area contributed by atoms with Gasteiger partial charge in [0.2, 0.25) is 22.1 Å². The quantitative estimate of drug-likeness (QED) is 0.854. The molecular formula is C19H23N5O2S. The minimum absolute atomic E-state index is 0.0183. The van der Waals surface area contributed by atoms with Gasteiger partial charge in [-0.3, -0.25) is 14.5 Å². The van der Waals surface area contributed by atoms with Gasteiger partial charge in [-0.1, -0.05) is 35.6 Å². The first kappa shape index (κ1) is 17.9. The molecule has 2 amide bonds. The average Bonchev–Trinajstić information content (AvgIpc) is 3.40. The van der Waals surface area contributed by atoms with Gasteiger partial charge in [-0.2, -0.15) is 0 Å². The van der Waals surface area contributed by atoms with Crippen molar-refractivity contribution < 1.29 is 9.59 Å². The van der Waals surface area contributed by atoms with E-state index in [9.17, 15) is 9.59 Å². The van der Waals surface area contributed by atoms with E-state index in [2.05, 4.69) is 15.5 Å². The van der Waals surface area contributed by atoms with Crippen LogP contribution in [0.5, 0.6) is 0 Å². The highest BCUT2D eigenvalue weighted by atomic mass is 32.1. The van der Waals surface area contributed by atoms with E-state index in [1.807, 2.05) is 36.1 Å². The molecule has 2 aliphatic heterocycles. The third-order valence-electron chi connectivity index (χ3n) is 5.22. The van der Waals surface area contributed by atoms with Crippen LogP contribution in [0.25, 0.3) is 0 Å². The van der Waals surface area contributed by atoms with Gasteiger partial charge in [0.05, 0.1) is 0 Å². The van der Waals surface area contributed by atoms with E-state index < -0.39 is 0 Å². The summed E-state index contributed by atoms with van der Waals surface area (Å²) in [6.45, 7) is 4.06. The number of hydrogen-bond donors (Lipinski definition) is 1. The minimum atomic E-state index is -0.232. The Labute approximate surface area is 162 Å². The van der Waals surface area contributed by atoms with Gasteiger partial charge in [-0.25, -0.2) is 0 Å². The number of benzene rings is 1. The lowest BCUT2D eigenvalue weighted by Gasteiger charge is -2.22. The van der Waals surface area contributed by atoms with Gasteiger partial charge >= 0.3 is 0 Å². The molecule has 27 heavy (non-hydrogen) atoms. The average molecular weight is 385 g/mol. The summed E-state index contributed by atoms with van der Waals surface area (Å²) in [7, 11) is 0. The van der Waals surface area contributed by atoms with Crippen molar-refractivity contribution in [2.45, 2.75) is 45.2 Å². The van der Waals surface area contributed by atoms with Crippen LogP contribution in [0, 0.1) is 6.92 Å². The van der Waals surface area contributed by atoms with Crippen LogP contribution in [0.3, 0.4) is 0 Å². The molecule has 1 unspecified atom stereocenters. The highest BCUT2D eigenvalue weighted by molar-refractivity contribution is 7.19. The van der Waals surface area contributed by atoms with Crippen LogP contribution in [0.1, 0.15) is 36.8 Å². The second kappa shape index (κ2) is 7.64. The fourth-order valence-corrected chi connectivity index (χ4v) is 4.63. The fraction of sp³-hybridized carbons (Fsp3) is 0.474. The van der Waals surface area contributed by atoms with E-state index in [4.69, 9.17) is 0 Å². The molecule has 1 N–H and O–H groups in total. The number of carbonyl (C=O) groups excluding carboxylic acids is 2. The lowest BCUT2D eigenvalue weighted by molar-refractivity contribution is -0.122. The number of anilines is 2. The van der Waals surface area contributed by atoms with Gasteiger partial charge in [-0.05, 0) is 37.3 Å². The molecule has 3 heterocycles. The molecular weight excluding hydrogens is 362 g/mol. The highest BCUT2D eigenvalue weighted by Gasteiger charge is 2.34. The Morgan fingerprint density at radius 3 is 2.81 bits per heavy atom. The van der Waals surface area contributed by atoms with E-state index in [0.717, 1.165) is 36.5 Å². The smallest absolute Gasteiger partial charge is 0.243 e. The number of hydrogen-bond acceptors (Lipinski definition) is 6. The first-order valence-corrected chi connectivity index (χ1v) is 10.2. The summed E-state index contributed by atoms with van der Waals surface area (Å²) in [4.78, 5) is 28.4. The Morgan fingerprint density at radius 1 is 1.22 bits per heavy atom. The van der Waals surface area contributed by atoms with Gasteiger partial charge in [0.1, 0.15) is 6.04 Å². The summed E-state index contributed by atoms with van der Waals surface area (Å²) < 4.78 is 0. The van der Waals surface area contributed by atoms with Gasteiger partial charge in [-0.15, -0.1) is 10.2 Å². The zero-order valence-electron chi connectivity index (χ0n) is 15.4. The van der Waals surface area contributed by atoms with Crippen molar-refractivity contribution in [3.63, 3.8) is 0 Å². The van der Waals surface area contributed by atoms with Crippen LogP contribution in [-0.4, -0.2) is 41.1 Å². The predicted molar refractivity (Wildman–Crippen MR) is 105 cm³/mol. The molecule has 2 fully saturated rings. The second-order valence-corrected chi connectivity index (χ2v) is 7.95. The zero-order valence-corrected chi connectivity index (χ0v) is 16.2. The molecule has 0 spiro atoms. The van der Waals surface area contributed by atoms with Crippen LogP contribution in [0.2, 0.25) is 0 Å². The normalized spacial score (nSPS) is 19.7. The van der Waals surface area contributed by atoms with Gasteiger partial charge in [0.15, 0.2) is 0 Å². The standard InChI is InChI=1S/C19H23N5O2S/c1-13-6-2-3-7-14(13)12-20-17(26)15-8-4-10-23(15)18-21-22-19(27-18)24-11-5-9-16(24)25/h2-3,6-7,15H,4-5,8-12H2,1H3,(H,20,26). The number of nitrogens with zero attached hydrogens (tertiary/aromatic N) is 4. The van der Waals surface area contributed by atoms with Crippen molar-refractivity contribution >= 4 is 33.4 Å². The molecule has 1 aromatic heterocycles.